The van der Waals surface area contributed by atoms with Crippen molar-refractivity contribution in [2.75, 3.05) is 21.3 Å². The van der Waals surface area contributed by atoms with Crippen molar-refractivity contribution in [1.29, 1.82) is 0 Å². The minimum atomic E-state index is 0.299. The number of hydrogen-bond donors (Lipinski definition) is 2. The summed E-state index contributed by atoms with van der Waals surface area (Å²) in [6.45, 7) is 0. The van der Waals surface area contributed by atoms with E-state index in [4.69, 9.17) is 37.4 Å². The Hall–Kier alpha value is -2.45. The molecule has 1 aromatic carbocycles. The van der Waals surface area contributed by atoms with Gasteiger partial charge in [-0.1, -0.05) is 23.2 Å². The molecule has 0 fully saturated rings. The predicted molar refractivity (Wildman–Crippen MR) is 89.1 cm³/mol. The molecule has 0 radical (unpaired) electrons. The monoisotopic (exact) mass is 369 g/mol. The molecular weight excluding hydrogens is 357 g/mol. The first-order valence-corrected chi connectivity index (χ1v) is 7.48. The normalized spacial score (nSPS) is 10.7. The van der Waals surface area contributed by atoms with E-state index in [0.29, 0.717) is 50.1 Å². The molecule has 0 amide bonds. The van der Waals surface area contributed by atoms with Gasteiger partial charge in [0.05, 0.1) is 26.4 Å². The molecule has 0 unspecified atom stereocenters. The lowest BCUT2D eigenvalue weighted by molar-refractivity contribution is 0.325. The molecule has 0 bridgehead atoms. The number of aromatic amines is 2. The van der Waals surface area contributed by atoms with E-state index in [1.807, 2.05) is 0 Å². The van der Waals surface area contributed by atoms with Gasteiger partial charge >= 0.3 is 0 Å². The first-order valence-electron chi connectivity index (χ1n) is 6.72. The Bertz CT molecular complexity index is 864. The van der Waals surface area contributed by atoms with Crippen molar-refractivity contribution >= 4 is 23.2 Å². The highest BCUT2D eigenvalue weighted by atomic mass is 35.5. The highest BCUT2D eigenvalue weighted by Crippen LogP contribution is 2.49. The van der Waals surface area contributed by atoms with Crippen LogP contribution < -0.4 is 14.2 Å². The van der Waals surface area contributed by atoms with Crippen LogP contribution in [0.5, 0.6) is 17.2 Å². The van der Waals surface area contributed by atoms with Gasteiger partial charge < -0.3 is 19.2 Å². The Balaban J connectivity index is 2.23. The van der Waals surface area contributed by atoms with Crippen LogP contribution in [0, 0.1) is 0 Å². The van der Waals surface area contributed by atoms with Crippen LogP contribution in [-0.2, 0) is 0 Å². The van der Waals surface area contributed by atoms with Crippen LogP contribution in [0.1, 0.15) is 0 Å². The molecule has 0 aliphatic heterocycles. The minimum absolute atomic E-state index is 0.299. The fourth-order valence-corrected chi connectivity index (χ4v) is 3.07. The van der Waals surface area contributed by atoms with E-state index in [2.05, 4.69) is 25.6 Å². The number of tetrazole rings is 1. The van der Waals surface area contributed by atoms with Crippen LogP contribution in [0.3, 0.4) is 0 Å². The maximum atomic E-state index is 6.49. The molecule has 0 saturated heterocycles. The van der Waals surface area contributed by atoms with Gasteiger partial charge in [-0.2, -0.15) is 5.21 Å². The van der Waals surface area contributed by atoms with Gasteiger partial charge in [0.15, 0.2) is 11.5 Å². The SMILES string of the molecule is COc1ccc(-c2c(Cl)[nH]c(-c3nn[nH]n3)c2Cl)c(OC)c1OC. The molecular formula is C14H13Cl2N5O3. The highest BCUT2D eigenvalue weighted by molar-refractivity contribution is 6.41. The summed E-state index contributed by atoms with van der Waals surface area (Å²) in [5.74, 6) is 1.71. The second kappa shape index (κ2) is 6.58. The smallest absolute Gasteiger partial charge is 0.222 e. The number of halogens is 2. The third-order valence-electron chi connectivity index (χ3n) is 3.44. The van der Waals surface area contributed by atoms with Crippen molar-refractivity contribution < 1.29 is 14.2 Å². The minimum Gasteiger partial charge on any atom is -0.493 e. The molecule has 0 atom stereocenters. The quantitative estimate of drug-likeness (QED) is 0.716. The summed E-state index contributed by atoms with van der Waals surface area (Å²) in [5.41, 5.74) is 1.62. The summed E-state index contributed by atoms with van der Waals surface area (Å²) < 4.78 is 16.2. The van der Waals surface area contributed by atoms with Gasteiger partial charge in [-0.05, 0) is 17.3 Å². The van der Waals surface area contributed by atoms with E-state index < -0.39 is 0 Å². The molecule has 3 rings (SSSR count). The van der Waals surface area contributed by atoms with Crippen LogP contribution in [0.2, 0.25) is 10.2 Å². The maximum absolute atomic E-state index is 6.49. The zero-order valence-corrected chi connectivity index (χ0v) is 14.5. The zero-order chi connectivity index (χ0) is 17.3. The number of hydrogen-bond acceptors (Lipinski definition) is 6. The van der Waals surface area contributed by atoms with Gasteiger partial charge in [-0.3, -0.25) is 0 Å². The lowest BCUT2D eigenvalue weighted by Gasteiger charge is -2.15. The highest BCUT2D eigenvalue weighted by Gasteiger charge is 2.25. The molecule has 24 heavy (non-hydrogen) atoms. The third-order valence-corrected chi connectivity index (χ3v) is 4.10. The van der Waals surface area contributed by atoms with Gasteiger partial charge in [-0.25, -0.2) is 0 Å². The van der Waals surface area contributed by atoms with Gasteiger partial charge in [-0.15, -0.1) is 10.2 Å². The van der Waals surface area contributed by atoms with Gasteiger partial charge in [0.2, 0.25) is 11.6 Å². The Morgan fingerprint density at radius 3 is 2.33 bits per heavy atom. The molecule has 8 nitrogen and oxygen atoms in total. The second-order valence-electron chi connectivity index (χ2n) is 4.62. The summed E-state index contributed by atoms with van der Waals surface area (Å²) in [6.07, 6.45) is 0. The third kappa shape index (κ3) is 2.53. The number of aromatic nitrogens is 5. The number of H-pyrrole nitrogens is 2. The molecule has 0 spiro atoms. The van der Waals surface area contributed by atoms with Gasteiger partial charge in [0.1, 0.15) is 10.8 Å². The summed E-state index contributed by atoms with van der Waals surface area (Å²) in [4.78, 5) is 2.95. The molecule has 2 heterocycles. The summed E-state index contributed by atoms with van der Waals surface area (Å²) in [7, 11) is 4.59. The Morgan fingerprint density at radius 2 is 1.75 bits per heavy atom. The van der Waals surface area contributed by atoms with Crippen molar-refractivity contribution in [3.63, 3.8) is 0 Å². The predicted octanol–water partition coefficient (Wildman–Crippen LogP) is 3.19. The standard InChI is InChI=1S/C14H13Cl2N5O3/c1-22-7-5-4-6(11(23-2)12(7)24-3)8-9(15)10(17-13(8)16)14-18-20-21-19-14/h4-5,17H,1-3H3,(H,18,19,20,21). The van der Waals surface area contributed by atoms with Crippen LogP contribution in [-0.4, -0.2) is 46.9 Å². The van der Waals surface area contributed by atoms with E-state index in [9.17, 15) is 0 Å². The molecule has 0 aliphatic carbocycles. The van der Waals surface area contributed by atoms with Crippen molar-refractivity contribution in [1.82, 2.24) is 25.6 Å². The number of benzene rings is 1. The lowest BCUT2D eigenvalue weighted by Crippen LogP contribution is -1.97. The fourth-order valence-electron chi connectivity index (χ4n) is 2.40. The van der Waals surface area contributed by atoms with E-state index in [1.54, 1.807) is 19.2 Å². The summed E-state index contributed by atoms with van der Waals surface area (Å²) >= 11 is 12.8. The van der Waals surface area contributed by atoms with E-state index in [0.717, 1.165) is 0 Å². The molecule has 10 heteroatoms. The Labute approximate surface area is 147 Å². The van der Waals surface area contributed by atoms with Crippen molar-refractivity contribution in [2.24, 2.45) is 0 Å². The first kappa shape index (κ1) is 16.4. The van der Waals surface area contributed by atoms with E-state index in [1.165, 1.54) is 14.2 Å². The van der Waals surface area contributed by atoms with Crippen LogP contribution in [0.15, 0.2) is 12.1 Å². The second-order valence-corrected chi connectivity index (χ2v) is 5.38. The summed E-state index contributed by atoms with van der Waals surface area (Å²) in [5, 5.41) is 14.3. The van der Waals surface area contributed by atoms with Crippen molar-refractivity contribution in [3.8, 4) is 39.9 Å². The number of rotatable bonds is 5. The van der Waals surface area contributed by atoms with Crippen LogP contribution in [0.25, 0.3) is 22.6 Å². The molecule has 2 aromatic heterocycles. The van der Waals surface area contributed by atoms with Crippen LogP contribution in [0.4, 0.5) is 0 Å². The van der Waals surface area contributed by atoms with Gasteiger partial charge in [0.25, 0.3) is 0 Å². The first-order chi connectivity index (χ1) is 11.6. The average Bonchev–Trinajstić information content (AvgIpc) is 3.21. The van der Waals surface area contributed by atoms with E-state index in [-0.39, 0.29) is 0 Å². The molecule has 126 valence electrons. The van der Waals surface area contributed by atoms with Gasteiger partial charge in [0, 0.05) is 11.1 Å². The zero-order valence-electron chi connectivity index (χ0n) is 13.0. The molecule has 2 N–H and O–H groups in total. The van der Waals surface area contributed by atoms with Crippen molar-refractivity contribution in [2.45, 2.75) is 0 Å². The Kier molecular flexibility index (Phi) is 4.50. The largest absolute Gasteiger partial charge is 0.493 e. The number of methoxy groups -OCH3 is 3. The Morgan fingerprint density at radius 1 is 1.00 bits per heavy atom. The molecule has 3 aromatic rings. The van der Waals surface area contributed by atoms with Crippen LogP contribution >= 0.6 is 23.2 Å². The molecule has 0 saturated carbocycles. The number of ether oxygens (including phenoxy) is 3. The maximum Gasteiger partial charge on any atom is 0.222 e. The number of nitrogens with one attached hydrogen (secondary N) is 2. The fraction of sp³-hybridized carbons (Fsp3) is 0.214. The average molecular weight is 370 g/mol. The van der Waals surface area contributed by atoms with Crippen molar-refractivity contribution in [3.05, 3.63) is 22.3 Å². The molecule has 0 aliphatic rings. The topological polar surface area (TPSA) is 97.9 Å². The number of nitrogens with zero attached hydrogens (tertiary/aromatic N) is 3. The summed E-state index contributed by atoms with van der Waals surface area (Å²) in [6, 6.07) is 3.52. The lowest BCUT2D eigenvalue weighted by atomic mass is 10.1. The van der Waals surface area contributed by atoms with E-state index >= 15 is 0 Å².